The molecule has 2 amide bonds. The lowest BCUT2D eigenvalue weighted by molar-refractivity contribution is -0.121. The number of benzene rings is 1. The Bertz CT molecular complexity index is 603. The van der Waals surface area contributed by atoms with Crippen molar-refractivity contribution in [3.63, 3.8) is 0 Å². The number of aryl methyl sites for hydroxylation is 1. The Labute approximate surface area is 138 Å². The van der Waals surface area contributed by atoms with Crippen LogP contribution in [0.2, 0.25) is 0 Å². The third kappa shape index (κ3) is 3.41. The molecule has 1 aliphatic heterocycles. The molecule has 1 heterocycles. The van der Waals surface area contributed by atoms with Crippen LogP contribution in [0.5, 0.6) is 0 Å². The van der Waals surface area contributed by atoms with Crippen molar-refractivity contribution in [1.29, 1.82) is 0 Å². The normalized spacial score (nSPS) is 18.1. The number of nitrogens with zero attached hydrogens (tertiary/aromatic N) is 1. The fourth-order valence-corrected chi connectivity index (χ4v) is 3.65. The number of hydrogen-bond acceptors (Lipinski definition) is 2. The van der Waals surface area contributed by atoms with Crippen LogP contribution in [0.15, 0.2) is 18.2 Å². The summed E-state index contributed by atoms with van der Waals surface area (Å²) in [4.78, 5) is 26.5. The van der Waals surface area contributed by atoms with E-state index in [1.54, 1.807) is 0 Å². The third-order valence-corrected chi connectivity index (χ3v) is 4.95. The van der Waals surface area contributed by atoms with Gasteiger partial charge in [-0.1, -0.05) is 26.7 Å². The number of carbonyl (C=O) groups excluding carboxylic acids is 2. The van der Waals surface area contributed by atoms with Gasteiger partial charge in [-0.15, -0.1) is 0 Å². The van der Waals surface area contributed by atoms with E-state index < -0.39 is 0 Å². The van der Waals surface area contributed by atoms with Crippen molar-refractivity contribution in [3.05, 3.63) is 23.8 Å². The average molecular weight is 314 g/mol. The quantitative estimate of drug-likeness (QED) is 0.923. The summed E-state index contributed by atoms with van der Waals surface area (Å²) in [7, 11) is 0. The van der Waals surface area contributed by atoms with E-state index in [2.05, 4.69) is 5.32 Å². The smallest absolute Gasteiger partial charge is 0.229 e. The summed E-state index contributed by atoms with van der Waals surface area (Å²) in [5, 5.41) is 3.06. The molecular formula is C19H26N2O2. The number of anilines is 2. The van der Waals surface area contributed by atoms with Crippen molar-refractivity contribution in [3.8, 4) is 0 Å². The van der Waals surface area contributed by atoms with Crippen LogP contribution in [0, 0.1) is 11.8 Å². The van der Waals surface area contributed by atoms with Crippen LogP contribution in [0.1, 0.15) is 51.5 Å². The van der Waals surface area contributed by atoms with Gasteiger partial charge >= 0.3 is 0 Å². The van der Waals surface area contributed by atoms with Gasteiger partial charge in [0.1, 0.15) is 0 Å². The third-order valence-electron chi connectivity index (χ3n) is 4.95. The maximum absolute atomic E-state index is 12.4. The fourth-order valence-electron chi connectivity index (χ4n) is 3.65. The minimum absolute atomic E-state index is 0.00250. The molecule has 0 atom stereocenters. The van der Waals surface area contributed by atoms with Crippen molar-refractivity contribution in [2.24, 2.45) is 11.8 Å². The van der Waals surface area contributed by atoms with Gasteiger partial charge in [0.05, 0.1) is 0 Å². The number of fused-ring (bicyclic) bond motifs is 1. The summed E-state index contributed by atoms with van der Waals surface area (Å²) < 4.78 is 0. The summed E-state index contributed by atoms with van der Waals surface area (Å²) in [6.45, 7) is 4.66. The Kier molecular flexibility index (Phi) is 4.69. The molecule has 0 aromatic heterocycles. The standard InChI is InChI=1S/C19H26N2O2/c1-13(2)19(23)21-11-5-8-15-12-16(9-10-17(15)21)20-18(22)14-6-3-4-7-14/h9-10,12-14H,3-8,11H2,1-2H3,(H,20,22). The van der Waals surface area contributed by atoms with E-state index in [4.69, 9.17) is 0 Å². The predicted molar refractivity (Wildman–Crippen MR) is 92.5 cm³/mol. The summed E-state index contributed by atoms with van der Waals surface area (Å²) in [5.74, 6) is 0.495. The molecule has 1 aliphatic carbocycles. The monoisotopic (exact) mass is 314 g/mol. The fraction of sp³-hybridized carbons (Fsp3) is 0.579. The molecule has 1 fully saturated rings. The van der Waals surface area contributed by atoms with Crippen molar-refractivity contribution in [1.82, 2.24) is 0 Å². The van der Waals surface area contributed by atoms with Crippen LogP contribution in [0.4, 0.5) is 11.4 Å². The Morgan fingerprint density at radius 2 is 1.91 bits per heavy atom. The molecule has 23 heavy (non-hydrogen) atoms. The van der Waals surface area contributed by atoms with Crippen molar-refractivity contribution in [2.45, 2.75) is 52.4 Å². The Morgan fingerprint density at radius 3 is 2.61 bits per heavy atom. The number of carbonyl (C=O) groups is 2. The van der Waals surface area contributed by atoms with E-state index in [9.17, 15) is 9.59 Å². The van der Waals surface area contributed by atoms with Gasteiger partial charge in [-0.05, 0) is 49.4 Å². The first kappa shape index (κ1) is 16.0. The zero-order valence-corrected chi connectivity index (χ0v) is 14.1. The lowest BCUT2D eigenvalue weighted by Crippen LogP contribution is -2.38. The van der Waals surface area contributed by atoms with E-state index in [1.807, 2.05) is 36.9 Å². The minimum atomic E-state index is 0.00250. The van der Waals surface area contributed by atoms with Gasteiger partial charge in [0.2, 0.25) is 11.8 Å². The molecule has 1 N–H and O–H groups in total. The molecule has 124 valence electrons. The first-order valence-electron chi connectivity index (χ1n) is 8.81. The zero-order chi connectivity index (χ0) is 16.4. The summed E-state index contributed by atoms with van der Waals surface area (Å²) in [6, 6.07) is 5.96. The predicted octanol–water partition coefficient (Wildman–Crippen LogP) is 3.75. The van der Waals surface area contributed by atoms with Gasteiger partial charge in [0.25, 0.3) is 0 Å². The van der Waals surface area contributed by atoms with Gasteiger partial charge in [-0.3, -0.25) is 9.59 Å². The molecule has 1 aromatic rings. The molecule has 4 heteroatoms. The molecule has 3 rings (SSSR count). The highest BCUT2D eigenvalue weighted by molar-refractivity contribution is 5.97. The SMILES string of the molecule is CC(C)C(=O)N1CCCc2cc(NC(=O)C3CCCC3)ccc21. The molecule has 2 aliphatic rings. The van der Waals surface area contributed by atoms with Crippen LogP contribution >= 0.6 is 0 Å². The Morgan fingerprint density at radius 1 is 1.17 bits per heavy atom. The number of hydrogen-bond donors (Lipinski definition) is 1. The van der Waals surface area contributed by atoms with Crippen LogP contribution in [-0.2, 0) is 16.0 Å². The highest BCUT2D eigenvalue weighted by Gasteiger charge is 2.26. The van der Waals surface area contributed by atoms with Crippen molar-refractivity contribution < 1.29 is 9.59 Å². The lowest BCUT2D eigenvalue weighted by Gasteiger charge is -2.31. The topological polar surface area (TPSA) is 49.4 Å². The van der Waals surface area contributed by atoms with E-state index in [1.165, 1.54) is 0 Å². The summed E-state index contributed by atoms with van der Waals surface area (Å²) in [5.41, 5.74) is 3.03. The van der Waals surface area contributed by atoms with Crippen LogP contribution in [0.25, 0.3) is 0 Å². The lowest BCUT2D eigenvalue weighted by atomic mass is 9.99. The van der Waals surface area contributed by atoms with Crippen molar-refractivity contribution in [2.75, 3.05) is 16.8 Å². The number of amides is 2. The van der Waals surface area contributed by atoms with Gasteiger partial charge in [-0.2, -0.15) is 0 Å². The second kappa shape index (κ2) is 6.73. The van der Waals surface area contributed by atoms with Crippen molar-refractivity contribution >= 4 is 23.2 Å². The largest absolute Gasteiger partial charge is 0.326 e. The van der Waals surface area contributed by atoms with Gasteiger partial charge < -0.3 is 10.2 Å². The molecular weight excluding hydrogens is 288 g/mol. The number of rotatable bonds is 3. The molecule has 4 nitrogen and oxygen atoms in total. The van der Waals surface area contributed by atoms with Crippen LogP contribution < -0.4 is 10.2 Å². The average Bonchev–Trinajstić information content (AvgIpc) is 3.08. The second-order valence-electron chi connectivity index (χ2n) is 7.06. The number of nitrogens with one attached hydrogen (secondary N) is 1. The molecule has 0 radical (unpaired) electrons. The Balaban J connectivity index is 1.76. The van der Waals surface area contributed by atoms with E-state index in [-0.39, 0.29) is 23.7 Å². The Hall–Kier alpha value is -1.84. The highest BCUT2D eigenvalue weighted by Crippen LogP contribution is 2.32. The molecule has 1 aromatic carbocycles. The minimum Gasteiger partial charge on any atom is -0.326 e. The highest BCUT2D eigenvalue weighted by atomic mass is 16.2. The first-order valence-corrected chi connectivity index (χ1v) is 8.81. The molecule has 1 saturated carbocycles. The molecule has 0 saturated heterocycles. The van der Waals surface area contributed by atoms with Gasteiger partial charge in [-0.25, -0.2) is 0 Å². The molecule has 0 bridgehead atoms. The van der Waals surface area contributed by atoms with Gasteiger partial charge in [0.15, 0.2) is 0 Å². The van der Waals surface area contributed by atoms with E-state index in [0.29, 0.717) is 0 Å². The maximum atomic E-state index is 12.4. The molecule has 0 spiro atoms. The summed E-state index contributed by atoms with van der Waals surface area (Å²) in [6.07, 6.45) is 6.28. The maximum Gasteiger partial charge on any atom is 0.229 e. The van der Waals surface area contributed by atoms with Crippen LogP contribution in [-0.4, -0.2) is 18.4 Å². The molecule has 0 unspecified atom stereocenters. The van der Waals surface area contributed by atoms with E-state index >= 15 is 0 Å². The van der Waals surface area contributed by atoms with E-state index in [0.717, 1.165) is 62.0 Å². The zero-order valence-electron chi connectivity index (χ0n) is 14.1. The van der Waals surface area contributed by atoms with Crippen LogP contribution in [0.3, 0.4) is 0 Å². The second-order valence-corrected chi connectivity index (χ2v) is 7.06. The first-order chi connectivity index (χ1) is 11.1. The van der Waals surface area contributed by atoms with Gasteiger partial charge in [0, 0.05) is 29.8 Å². The summed E-state index contributed by atoms with van der Waals surface area (Å²) >= 11 is 0.